The molecule has 1 spiro atoms. The molecule has 3 amide bonds. The molecule has 3 aliphatic rings. The molecular weight excluding hydrogens is 925 g/mol. The second-order valence-corrected chi connectivity index (χ2v) is 18.3. The van der Waals surface area contributed by atoms with E-state index in [1.54, 1.807) is 42.5 Å². The largest absolute Gasteiger partial charge is 0.491 e. The topological polar surface area (TPSA) is 176 Å². The molecule has 6 aromatic carbocycles. The average molecular weight is 979 g/mol. The molecule has 0 bridgehead atoms. The number of hydrogen-bond acceptors (Lipinski definition) is 12. The van der Waals surface area contributed by atoms with Crippen LogP contribution in [0.4, 0.5) is 10.5 Å². The number of esters is 1. The fourth-order valence-corrected chi connectivity index (χ4v) is 10.7. The molecule has 10 rings (SSSR count). The van der Waals surface area contributed by atoms with E-state index in [1.807, 2.05) is 115 Å². The van der Waals surface area contributed by atoms with E-state index < -0.39 is 59.4 Å². The highest BCUT2D eigenvalue weighted by atomic mass is 16.6. The molecule has 0 radical (unpaired) electrons. The molecule has 6 atom stereocenters. The molecule has 0 aliphatic carbocycles. The zero-order chi connectivity index (χ0) is 50.5. The van der Waals surface area contributed by atoms with Crippen LogP contribution >= 0.6 is 0 Å². The first-order chi connectivity index (χ1) is 35.7. The Kier molecular flexibility index (Phi) is 14.1. The van der Waals surface area contributed by atoms with Crippen molar-refractivity contribution >= 4 is 40.6 Å². The van der Waals surface area contributed by atoms with Crippen LogP contribution in [-0.2, 0) is 47.1 Å². The summed E-state index contributed by atoms with van der Waals surface area (Å²) in [7, 11) is 3.45. The molecule has 0 unspecified atom stereocenters. The second kappa shape index (κ2) is 21.3. The second-order valence-electron chi connectivity index (χ2n) is 18.3. The van der Waals surface area contributed by atoms with Gasteiger partial charge in [-0.25, -0.2) is 14.7 Å². The van der Waals surface area contributed by atoms with Crippen LogP contribution < -0.4 is 15.0 Å². The molecule has 73 heavy (non-hydrogen) atoms. The lowest BCUT2D eigenvalue weighted by atomic mass is 9.65. The third kappa shape index (κ3) is 9.33. The maximum absolute atomic E-state index is 16.5. The van der Waals surface area contributed by atoms with Gasteiger partial charge in [0.1, 0.15) is 42.3 Å². The van der Waals surface area contributed by atoms with Gasteiger partial charge >= 0.3 is 12.1 Å². The molecule has 2 saturated heterocycles. The number of imide groups is 1. The van der Waals surface area contributed by atoms with Crippen LogP contribution in [0, 0.1) is 17.8 Å². The van der Waals surface area contributed by atoms with Crippen molar-refractivity contribution in [3.8, 4) is 17.6 Å². The van der Waals surface area contributed by atoms with Gasteiger partial charge in [-0.05, 0) is 77.3 Å². The lowest BCUT2D eigenvalue weighted by Crippen LogP contribution is -2.55. The first kappa shape index (κ1) is 48.5. The summed E-state index contributed by atoms with van der Waals surface area (Å²) in [6, 6.07) is 45.3. The third-order valence-electron chi connectivity index (χ3n) is 13.7. The molecule has 4 heterocycles. The van der Waals surface area contributed by atoms with E-state index in [0.717, 1.165) is 21.5 Å². The Morgan fingerprint density at radius 1 is 0.822 bits per heavy atom. The number of methoxy groups -OCH3 is 1. The van der Waals surface area contributed by atoms with E-state index in [0.29, 0.717) is 52.4 Å². The van der Waals surface area contributed by atoms with Crippen molar-refractivity contribution in [2.24, 2.45) is 5.92 Å². The highest BCUT2D eigenvalue weighted by Gasteiger charge is 2.75. The number of carbonyl (C=O) groups excluding carboxylic acids is 4. The molecule has 2 fully saturated rings. The fourth-order valence-electron chi connectivity index (χ4n) is 10.7. The lowest BCUT2D eigenvalue weighted by molar-refractivity contribution is -0.178. The van der Waals surface area contributed by atoms with E-state index in [-0.39, 0.29) is 38.7 Å². The minimum absolute atomic E-state index is 0.0347. The smallest absolute Gasteiger partial charge is 0.421 e. The van der Waals surface area contributed by atoms with Gasteiger partial charge in [0.25, 0.3) is 0 Å². The average Bonchev–Trinajstić information content (AvgIpc) is 4.07. The van der Waals surface area contributed by atoms with Gasteiger partial charge in [-0.3, -0.25) is 24.2 Å². The Bertz CT molecular complexity index is 3150. The monoisotopic (exact) mass is 978 g/mol. The number of anilines is 1. The number of ether oxygens (including phenoxy) is 4. The van der Waals surface area contributed by atoms with E-state index in [1.165, 1.54) is 7.11 Å². The van der Waals surface area contributed by atoms with Gasteiger partial charge in [0, 0.05) is 19.2 Å². The molecule has 1 aromatic heterocycles. The standard InChI is InChI=1S/C58H54N6O9/c1-62(37-39-15-6-3-7-16-39)30-14-17-38-24-29-47-44(35-38)58(56(68)63(47)57(69)72-34-33-70-2)49(54(66)59-36-48-60-45-22-12-13-23-46(45)61-48)51-55(67)73-52(41-20-10-5-11-21-41)50(40-18-8-4-9-19-40)64(51)53(58)42-25-27-43(28-26-42)71-32-31-65/h3-13,15-16,18-29,35,49-53,65H,30-34,36-37H2,1-2H3,(H,59,66)(H,60,61)/t49-,50-,51-,52+,53+,58-/m0/s1. The number of hydrogen-bond donors (Lipinski definition) is 3. The van der Waals surface area contributed by atoms with E-state index >= 15 is 14.4 Å². The molecule has 370 valence electrons. The number of aromatic nitrogens is 2. The van der Waals surface area contributed by atoms with Crippen LogP contribution in [0.5, 0.6) is 5.75 Å². The molecule has 15 nitrogen and oxygen atoms in total. The summed E-state index contributed by atoms with van der Waals surface area (Å²) in [4.78, 5) is 75.5. The number of carbonyl (C=O) groups is 4. The fraction of sp³-hybridized carbons (Fsp3) is 0.259. The number of benzene rings is 6. The maximum Gasteiger partial charge on any atom is 0.421 e. The minimum Gasteiger partial charge on any atom is -0.491 e. The summed E-state index contributed by atoms with van der Waals surface area (Å²) in [5, 5.41) is 12.7. The number of imidazole rings is 1. The molecule has 15 heteroatoms. The summed E-state index contributed by atoms with van der Waals surface area (Å²) >= 11 is 0. The molecule has 7 aromatic rings. The number of rotatable bonds is 15. The van der Waals surface area contributed by atoms with Crippen LogP contribution in [0.2, 0.25) is 0 Å². The normalized spacial score (nSPS) is 21.1. The van der Waals surface area contributed by atoms with Crippen LogP contribution in [-0.4, -0.2) is 102 Å². The molecule has 3 N–H and O–H groups in total. The SMILES string of the molecule is COCCOC(=O)N1C(=O)[C@@]2(c3cc(C#CCN(C)Cc4ccccc4)ccc31)[C@H](C(=O)NCc1nc3ccccc3[nH]1)[C@H]1C(=O)O[C@H](c3ccccc3)[C@H](c3ccccc3)N1[C@@H]2c1ccc(OCCO)cc1. The van der Waals surface area contributed by atoms with Crippen molar-refractivity contribution in [2.45, 2.75) is 42.7 Å². The summed E-state index contributed by atoms with van der Waals surface area (Å²) in [5.41, 5.74) is 3.49. The third-order valence-corrected chi connectivity index (χ3v) is 13.7. The maximum atomic E-state index is 16.5. The Balaban J connectivity index is 1.20. The quantitative estimate of drug-likeness (QED) is 0.0537. The molecule has 3 aliphatic heterocycles. The first-order valence-corrected chi connectivity index (χ1v) is 24.2. The van der Waals surface area contributed by atoms with Gasteiger partial charge in [-0.1, -0.05) is 127 Å². The van der Waals surface area contributed by atoms with Crippen molar-refractivity contribution in [3.63, 3.8) is 0 Å². The van der Waals surface area contributed by atoms with Gasteiger partial charge in [0.05, 0.1) is 61.0 Å². The number of morpholine rings is 1. The van der Waals surface area contributed by atoms with Crippen molar-refractivity contribution in [2.75, 3.05) is 52.0 Å². The van der Waals surface area contributed by atoms with Gasteiger partial charge < -0.3 is 34.4 Å². The highest BCUT2D eigenvalue weighted by Crippen LogP contribution is 2.66. The van der Waals surface area contributed by atoms with Gasteiger partial charge in [0.15, 0.2) is 0 Å². The lowest BCUT2D eigenvalue weighted by Gasteiger charge is -2.46. The van der Waals surface area contributed by atoms with Crippen molar-refractivity contribution < 1.29 is 43.2 Å². The molecular formula is C58H54N6O9. The van der Waals surface area contributed by atoms with Crippen molar-refractivity contribution in [1.29, 1.82) is 0 Å². The Morgan fingerprint density at radius 2 is 1.52 bits per heavy atom. The number of cyclic esters (lactones) is 1. The Morgan fingerprint density at radius 3 is 2.23 bits per heavy atom. The van der Waals surface area contributed by atoms with E-state index in [4.69, 9.17) is 23.9 Å². The van der Waals surface area contributed by atoms with Gasteiger partial charge in [-0.15, -0.1) is 0 Å². The Hall–Kier alpha value is -8.13. The van der Waals surface area contributed by atoms with Crippen LogP contribution in [0.1, 0.15) is 57.4 Å². The molecule has 0 saturated carbocycles. The zero-order valence-electron chi connectivity index (χ0n) is 40.3. The predicted octanol–water partition coefficient (Wildman–Crippen LogP) is 7.18. The number of nitrogens with one attached hydrogen (secondary N) is 2. The number of fused-ring (bicyclic) bond motifs is 4. The Labute approximate surface area is 422 Å². The first-order valence-electron chi connectivity index (χ1n) is 24.2. The number of H-pyrrole nitrogens is 1. The number of para-hydroxylation sites is 2. The van der Waals surface area contributed by atoms with E-state index in [2.05, 4.69) is 39.2 Å². The number of nitrogens with zero attached hydrogens (tertiary/aromatic N) is 4. The van der Waals surface area contributed by atoms with Crippen LogP contribution in [0.15, 0.2) is 158 Å². The predicted molar refractivity (Wildman–Crippen MR) is 272 cm³/mol. The van der Waals surface area contributed by atoms with Crippen molar-refractivity contribution in [3.05, 3.63) is 197 Å². The van der Waals surface area contributed by atoms with Crippen molar-refractivity contribution in [1.82, 2.24) is 25.1 Å². The van der Waals surface area contributed by atoms with Gasteiger partial charge in [-0.2, -0.15) is 0 Å². The van der Waals surface area contributed by atoms with Gasteiger partial charge in [0.2, 0.25) is 11.8 Å². The summed E-state index contributed by atoms with van der Waals surface area (Å²) in [6.45, 7) is 0.670. The number of aliphatic hydroxyl groups excluding tert-OH is 1. The summed E-state index contributed by atoms with van der Waals surface area (Å²) in [5.74, 6) is 3.77. The summed E-state index contributed by atoms with van der Waals surface area (Å²) < 4.78 is 23.4. The van der Waals surface area contributed by atoms with Crippen LogP contribution in [0.3, 0.4) is 0 Å². The van der Waals surface area contributed by atoms with E-state index in [9.17, 15) is 9.90 Å². The summed E-state index contributed by atoms with van der Waals surface area (Å²) in [6.07, 6.45) is -1.91. The number of amides is 3. The minimum atomic E-state index is -2.05. The zero-order valence-corrected chi connectivity index (χ0v) is 40.3. The highest BCUT2D eigenvalue weighted by molar-refractivity contribution is 6.23. The van der Waals surface area contributed by atoms with Crippen LogP contribution in [0.25, 0.3) is 11.0 Å². The number of aromatic amines is 1. The number of aliphatic hydroxyl groups is 1.